The standard InChI is InChI=1S/C13H18N2O2/c1-8-6-10(14)12-13(17-7-16-12)11(8)9-2-4-15-5-3-9/h6,9,15H,2-5,7,14H2,1H3. The van der Waals surface area contributed by atoms with E-state index < -0.39 is 0 Å². The Morgan fingerprint density at radius 1 is 1.24 bits per heavy atom. The molecule has 2 heterocycles. The van der Waals surface area contributed by atoms with E-state index in [0.717, 1.165) is 37.4 Å². The summed E-state index contributed by atoms with van der Waals surface area (Å²) >= 11 is 0. The van der Waals surface area contributed by atoms with Crippen molar-refractivity contribution in [2.75, 3.05) is 25.6 Å². The topological polar surface area (TPSA) is 56.5 Å². The number of piperidine rings is 1. The molecule has 92 valence electrons. The quantitative estimate of drug-likeness (QED) is 0.727. The second-order valence-corrected chi connectivity index (χ2v) is 4.79. The van der Waals surface area contributed by atoms with E-state index in [9.17, 15) is 0 Å². The third kappa shape index (κ3) is 1.72. The summed E-state index contributed by atoms with van der Waals surface area (Å²) in [6.07, 6.45) is 2.31. The lowest BCUT2D eigenvalue weighted by molar-refractivity contribution is 0.173. The Bertz CT molecular complexity index is 440. The molecule has 0 radical (unpaired) electrons. The average molecular weight is 234 g/mol. The number of rotatable bonds is 1. The molecule has 0 atom stereocenters. The van der Waals surface area contributed by atoms with Crippen LogP contribution in [0.4, 0.5) is 5.69 Å². The van der Waals surface area contributed by atoms with Crippen LogP contribution in [0.2, 0.25) is 0 Å². The zero-order chi connectivity index (χ0) is 11.8. The highest BCUT2D eigenvalue weighted by atomic mass is 16.7. The first-order chi connectivity index (χ1) is 8.27. The van der Waals surface area contributed by atoms with Crippen molar-refractivity contribution in [3.8, 4) is 11.5 Å². The average Bonchev–Trinajstić information content (AvgIpc) is 2.79. The number of nitrogen functional groups attached to an aromatic ring is 1. The van der Waals surface area contributed by atoms with Gasteiger partial charge in [-0.05, 0) is 50.4 Å². The number of ether oxygens (including phenoxy) is 2. The van der Waals surface area contributed by atoms with Crippen LogP contribution < -0.4 is 20.5 Å². The maximum Gasteiger partial charge on any atom is 0.231 e. The summed E-state index contributed by atoms with van der Waals surface area (Å²) in [5, 5.41) is 3.39. The second-order valence-electron chi connectivity index (χ2n) is 4.79. The normalized spacial score (nSPS) is 19.6. The first kappa shape index (κ1) is 10.7. The minimum atomic E-state index is 0.293. The summed E-state index contributed by atoms with van der Waals surface area (Å²) in [7, 11) is 0. The fraction of sp³-hybridized carbons (Fsp3) is 0.538. The molecule has 4 heteroatoms. The van der Waals surface area contributed by atoms with Gasteiger partial charge in [0.15, 0.2) is 11.5 Å². The van der Waals surface area contributed by atoms with Gasteiger partial charge in [0.2, 0.25) is 6.79 Å². The minimum absolute atomic E-state index is 0.293. The van der Waals surface area contributed by atoms with Gasteiger partial charge in [0.1, 0.15) is 0 Å². The second kappa shape index (κ2) is 4.11. The van der Waals surface area contributed by atoms with Gasteiger partial charge in [-0.15, -0.1) is 0 Å². The first-order valence-electron chi connectivity index (χ1n) is 6.16. The molecule has 2 aliphatic rings. The van der Waals surface area contributed by atoms with Crippen LogP contribution in [0.25, 0.3) is 0 Å². The SMILES string of the molecule is Cc1cc(N)c2c(c1C1CCNCC1)OCO2. The maximum absolute atomic E-state index is 5.95. The van der Waals surface area contributed by atoms with E-state index in [1.165, 1.54) is 11.1 Å². The van der Waals surface area contributed by atoms with Crippen molar-refractivity contribution in [2.24, 2.45) is 0 Å². The predicted molar refractivity (Wildman–Crippen MR) is 66.6 cm³/mol. The Balaban J connectivity index is 2.06. The van der Waals surface area contributed by atoms with E-state index in [4.69, 9.17) is 15.2 Å². The molecule has 4 nitrogen and oxygen atoms in total. The van der Waals surface area contributed by atoms with Gasteiger partial charge in [-0.1, -0.05) is 0 Å². The van der Waals surface area contributed by atoms with Gasteiger partial charge in [0.25, 0.3) is 0 Å². The Morgan fingerprint density at radius 2 is 1.94 bits per heavy atom. The van der Waals surface area contributed by atoms with E-state index in [1.807, 2.05) is 6.07 Å². The molecule has 1 fully saturated rings. The van der Waals surface area contributed by atoms with Crippen molar-refractivity contribution in [3.63, 3.8) is 0 Å². The van der Waals surface area contributed by atoms with Crippen molar-refractivity contribution in [1.82, 2.24) is 5.32 Å². The van der Waals surface area contributed by atoms with Crippen LogP contribution in [-0.2, 0) is 0 Å². The largest absolute Gasteiger partial charge is 0.453 e. The lowest BCUT2D eigenvalue weighted by Gasteiger charge is -2.25. The smallest absolute Gasteiger partial charge is 0.231 e. The van der Waals surface area contributed by atoms with E-state index >= 15 is 0 Å². The van der Waals surface area contributed by atoms with Gasteiger partial charge in [0.05, 0.1) is 5.69 Å². The monoisotopic (exact) mass is 234 g/mol. The van der Waals surface area contributed by atoms with Gasteiger partial charge < -0.3 is 20.5 Å². The molecule has 17 heavy (non-hydrogen) atoms. The fourth-order valence-corrected chi connectivity index (χ4v) is 2.87. The van der Waals surface area contributed by atoms with Gasteiger partial charge in [-0.25, -0.2) is 0 Å². The lowest BCUT2D eigenvalue weighted by atomic mass is 9.86. The zero-order valence-electron chi connectivity index (χ0n) is 10.1. The Labute approximate surface area is 101 Å². The van der Waals surface area contributed by atoms with Crippen molar-refractivity contribution >= 4 is 5.69 Å². The molecule has 0 aliphatic carbocycles. The molecule has 0 amide bonds. The number of fused-ring (bicyclic) bond motifs is 1. The molecule has 3 N–H and O–H groups in total. The van der Waals surface area contributed by atoms with Crippen LogP contribution >= 0.6 is 0 Å². The Morgan fingerprint density at radius 3 is 2.71 bits per heavy atom. The fourth-order valence-electron chi connectivity index (χ4n) is 2.87. The van der Waals surface area contributed by atoms with E-state index in [0.29, 0.717) is 18.4 Å². The molecule has 1 saturated heterocycles. The van der Waals surface area contributed by atoms with Crippen LogP contribution in [0.5, 0.6) is 11.5 Å². The summed E-state index contributed by atoms with van der Waals surface area (Å²) in [5.74, 6) is 2.19. The molecule has 1 aromatic carbocycles. The number of nitrogens with two attached hydrogens (primary N) is 1. The molecule has 0 aromatic heterocycles. The minimum Gasteiger partial charge on any atom is -0.453 e. The number of hydrogen-bond acceptors (Lipinski definition) is 4. The summed E-state index contributed by atoms with van der Waals surface area (Å²) < 4.78 is 11.1. The summed E-state index contributed by atoms with van der Waals surface area (Å²) in [6, 6.07) is 2.00. The molecule has 1 aromatic rings. The summed E-state index contributed by atoms with van der Waals surface area (Å²) in [4.78, 5) is 0. The molecule has 0 bridgehead atoms. The van der Waals surface area contributed by atoms with Gasteiger partial charge in [-0.3, -0.25) is 0 Å². The van der Waals surface area contributed by atoms with E-state index in [1.54, 1.807) is 0 Å². The molecular weight excluding hydrogens is 216 g/mol. The Kier molecular flexibility index (Phi) is 2.59. The molecule has 0 spiro atoms. The highest BCUT2D eigenvalue weighted by Gasteiger charge is 2.28. The highest BCUT2D eigenvalue weighted by molar-refractivity contribution is 5.67. The Hall–Kier alpha value is -1.42. The number of hydrogen-bond donors (Lipinski definition) is 2. The molecule has 3 rings (SSSR count). The third-order valence-electron chi connectivity index (χ3n) is 3.66. The van der Waals surface area contributed by atoms with E-state index in [2.05, 4.69) is 12.2 Å². The van der Waals surface area contributed by atoms with Gasteiger partial charge >= 0.3 is 0 Å². The lowest BCUT2D eigenvalue weighted by Crippen LogP contribution is -2.27. The highest BCUT2D eigenvalue weighted by Crippen LogP contribution is 2.47. The van der Waals surface area contributed by atoms with Crippen LogP contribution in [0, 0.1) is 6.92 Å². The van der Waals surface area contributed by atoms with Crippen LogP contribution in [0.3, 0.4) is 0 Å². The van der Waals surface area contributed by atoms with Crippen molar-refractivity contribution < 1.29 is 9.47 Å². The molecule has 0 unspecified atom stereocenters. The number of benzene rings is 1. The maximum atomic E-state index is 5.95. The summed E-state index contributed by atoms with van der Waals surface area (Å²) in [6.45, 7) is 4.55. The van der Waals surface area contributed by atoms with Crippen LogP contribution in [0.15, 0.2) is 6.07 Å². The van der Waals surface area contributed by atoms with E-state index in [-0.39, 0.29) is 0 Å². The summed E-state index contributed by atoms with van der Waals surface area (Å²) in [5.41, 5.74) is 9.16. The van der Waals surface area contributed by atoms with Crippen LogP contribution in [-0.4, -0.2) is 19.9 Å². The number of nitrogens with one attached hydrogen (secondary N) is 1. The van der Waals surface area contributed by atoms with Gasteiger partial charge in [0, 0.05) is 5.56 Å². The number of anilines is 1. The number of aryl methyl sites for hydroxylation is 1. The van der Waals surface area contributed by atoms with Crippen molar-refractivity contribution in [3.05, 3.63) is 17.2 Å². The van der Waals surface area contributed by atoms with Crippen molar-refractivity contribution in [2.45, 2.75) is 25.7 Å². The van der Waals surface area contributed by atoms with Crippen LogP contribution in [0.1, 0.15) is 29.9 Å². The van der Waals surface area contributed by atoms with Gasteiger partial charge in [-0.2, -0.15) is 0 Å². The predicted octanol–water partition coefficient (Wildman–Crippen LogP) is 1.77. The van der Waals surface area contributed by atoms with Crippen molar-refractivity contribution in [1.29, 1.82) is 0 Å². The zero-order valence-corrected chi connectivity index (χ0v) is 10.1. The third-order valence-corrected chi connectivity index (χ3v) is 3.66. The first-order valence-corrected chi connectivity index (χ1v) is 6.16. The molecule has 0 saturated carbocycles. The molecular formula is C13H18N2O2. The molecule has 2 aliphatic heterocycles.